The van der Waals surface area contributed by atoms with Gasteiger partial charge in [-0.1, -0.05) is 23.7 Å². The van der Waals surface area contributed by atoms with Gasteiger partial charge in [-0.2, -0.15) is 5.10 Å². The second-order valence-electron chi connectivity index (χ2n) is 4.65. The first kappa shape index (κ1) is 16.2. The Morgan fingerprint density at radius 1 is 1.32 bits per heavy atom. The van der Waals surface area contributed by atoms with Gasteiger partial charge in [0.2, 0.25) is 0 Å². The first-order valence-corrected chi connectivity index (χ1v) is 7.19. The lowest BCUT2D eigenvalue weighted by molar-refractivity contribution is 0.0909. The molecule has 2 aromatic rings. The van der Waals surface area contributed by atoms with E-state index < -0.39 is 12.0 Å². The highest BCUT2D eigenvalue weighted by molar-refractivity contribution is 6.30. The Bertz CT molecular complexity index is 713. The molecule has 22 heavy (non-hydrogen) atoms. The van der Waals surface area contributed by atoms with E-state index in [9.17, 15) is 14.7 Å². The predicted octanol–water partition coefficient (Wildman–Crippen LogP) is 1.38. The molecule has 1 aromatic carbocycles. The number of aliphatic hydroxyl groups is 1. The fourth-order valence-electron chi connectivity index (χ4n) is 1.88. The number of nitrogens with one attached hydrogen (secondary N) is 1. The first-order valence-electron chi connectivity index (χ1n) is 6.81. The van der Waals surface area contributed by atoms with Gasteiger partial charge in [0, 0.05) is 24.2 Å². The van der Waals surface area contributed by atoms with Gasteiger partial charge in [0.25, 0.3) is 11.5 Å². The lowest BCUT2D eigenvalue weighted by Crippen LogP contribution is -2.31. The molecule has 1 heterocycles. The van der Waals surface area contributed by atoms with Crippen molar-refractivity contribution in [2.75, 3.05) is 6.54 Å². The van der Waals surface area contributed by atoms with Crippen LogP contribution >= 0.6 is 11.6 Å². The van der Waals surface area contributed by atoms with Crippen LogP contribution in [-0.2, 0) is 6.54 Å². The summed E-state index contributed by atoms with van der Waals surface area (Å²) in [4.78, 5) is 23.4. The third-order valence-corrected chi connectivity index (χ3v) is 3.36. The largest absolute Gasteiger partial charge is 0.387 e. The number of aliphatic hydroxyl groups excluding tert-OH is 1. The Hall–Kier alpha value is -2.18. The summed E-state index contributed by atoms with van der Waals surface area (Å²) in [5, 5.41) is 17.1. The fourth-order valence-corrected chi connectivity index (χ4v) is 2.01. The average molecular weight is 322 g/mol. The number of carbonyl (C=O) groups is 1. The molecule has 6 nitrogen and oxygen atoms in total. The second-order valence-corrected chi connectivity index (χ2v) is 5.09. The van der Waals surface area contributed by atoms with E-state index in [1.807, 2.05) is 0 Å². The van der Waals surface area contributed by atoms with E-state index in [1.54, 1.807) is 31.2 Å². The van der Waals surface area contributed by atoms with Gasteiger partial charge >= 0.3 is 0 Å². The molecule has 0 aliphatic carbocycles. The van der Waals surface area contributed by atoms with Crippen LogP contribution < -0.4 is 10.9 Å². The van der Waals surface area contributed by atoms with E-state index in [4.69, 9.17) is 11.6 Å². The molecule has 1 atom stereocenters. The summed E-state index contributed by atoms with van der Waals surface area (Å²) in [6.45, 7) is 2.18. The number of carbonyl (C=O) groups excluding carboxylic acids is 1. The maximum absolute atomic E-state index is 12.0. The molecule has 0 saturated carbocycles. The van der Waals surface area contributed by atoms with Gasteiger partial charge in [0.05, 0.1) is 6.10 Å². The summed E-state index contributed by atoms with van der Waals surface area (Å²) in [6, 6.07) is 9.37. The fraction of sp³-hybridized carbons (Fsp3) is 0.267. The summed E-state index contributed by atoms with van der Waals surface area (Å²) in [5.41, 5.74) is 0.515. The Labute approximate surface area is 132 Å². The smallest absolute Gasteiger partial charge is 0.271 e. The van der Waals surface area contributed by atoms with Crippen molar-refractivity contribution in [3.05, 3.63) is 63.0 Å². The summed E-state index contributed by atoms with van der Waals surface area (Å²) in [7, 11) is 0. The number of hydrogen-bond donors (Lipinski definition) is 2. The zero-order chi connectivity index (χ0) is 16.1. The van der Waals surface area contributed by atoms with Crippen LogP contribution in [0.3, 0.4) is 0 Å². The number of halogens is 1. The maximum Gasteiger partial charge on any atom is 0.271 e. The Morgan fingerprint density at radius 3 is 2.64 bits per heavy atom. The monoisotopic (exact) mass is 321 g/mol. The topological polar surface area (TPSA) is 84.2 Å². The molecule has 7 heteroatoms. The van der Waals surface area contributed by atoms with E-state index in [0.717, 1.165) is 0 Å². The molecule has 1 amide bonds. The van der Waals surface area contributed by atoms with Crippen LogP contribution in [0.1, 0.15) is 29.1 Å². The van der Waals surface area contributed by atoms with Gasteiger partial charge in [-0.15, -0.1) is 0 Å². The number of nitrogens with zero attached hydrogens (tertiary/aromatic N) is 2. The SMILES string of the molecule is CCn1nc(C(=O)NCC(O)c2ccc(Cl)cc2)ccc1=O. The van der Waals surface area contributed by atoms with E-state index in [2.05, 4.69) is 10.4 Å². The van der Waals surface area contributed by atoms with Crippen molar-refractivity contribution in [2.24, 2.45) is 0 Å². The normalized spacial score (nSPS) is 12.0. The summed E-state index contributed by atoms with van der Waals surface area (Å²) in [5.74, 6) is -0.449. The Kier molecular flexibility index (Phi) is 5.30. The number of aromatic nitrogens is 2. The molecule has 0 fully saturated rings. The van der Waals surface area contributed by atoms with E-state index in [0.29, 0.717) is 17.1 Å². The van der Waals surface area contributed by atoms with Gasteiger partial charge in [-0.3, -0.25) is 9.59 Å². The number of aryl methyl sites for hydroxylation is 1. The van der Waals surface area contributed by atoms with E-state index in [1.165, 1.54) is 16.8 Å². The standard InChI is InChI=1S/C15H16ClN3O3/c1-2-19-14(21)8-7-12(18-19)15(22)17-9-13(20)10-3-5-11(16)6-4-10/h3-8,13,20H,2,9H2,1H3,(H,17,22). The van der Waals surface area contributed by atoms with Crippen molar-refractivity contribution in [1.29, 1.82) is 0 Å². The van der Waals surface area contributed by atoms with Gasteiger partial charge in [-0.25, -0.2) is 4.68 Å². The molecule has 116 valence electrons. The van der Waals surface area contributed by atoms with Crippen molar-refractivity contribution in [1.82, 2.24) is 15.1 Å². The van der Waals surface area contributed by atoms with Crippen LogP contribution in [-0.4, -0.2) is 27.3 Å². The summed E-state index contributed by atoms with van der Waals surface area (Å²) >= 11 is 5.78. The minimum atomic E-state index is -0.849. The van der Waals surface area contributed by atoms with Gasteiger partial charge in [0.15, 0.2) is 0 Å². The number of benzene rings is 1. The molecule has 2 N–H and O–H groups in total. The van der Waals surface area contributed by atoms with Crippen LogP contribution in [0.25, 0.3) is 0 Å². The van der Waals surface area contributed by atoms with E-state index in [-0.39, 0.29) is 17.8 Å². The lowest BCUT2D eigenvalue weighted by Gasteiger charge is -2.12. The van der Waals surface area contributed by atoms with Crippen LogP contribution in [0, 0.1) is 0 Å². The predicted molar refractivity (Wildman–Crippen MR) is 82.9 cm³/mol. The molecule has 0 aliphatic heterocycles. The zero-order valence-corrected chi connectivity index (χ0v) is 12.7. The number of amides is 1. The molecule has 0 spiro atoms. The number of rotatable bonds is 5. The molecule has 1 aromatic heterocycles. The van der Waals surface area contributed by atoms with Crippen molar-refractivity contribution >= 4 is 17.5 Å². The van der Waals surface area contributed by atoms with Crippen LogP contribution in [0.2, 0.25) is 5.02 Å². The molecule has 0 radical (unpaired) electrons. The molecule has 0 aliphatic rings. The quantitative estimate of drug-likeness (QED) is 0.871. The molecule has 1 unspecified atom stereocenters. The number of hydrogen-bond acceptors (Lipinski definition) is 4. The molecular formula is C15H16ClN3O3. The van der Waals surface area contributed by atoms with Crippen molar-refractivity contribution in [2.45, 2.75) is 19.6 Å². The van der Waals surface area contributed by atoms with Crippen molar-refractivity contribution in [3.63, 3.8) is 0 Å². The zero-order valence-electron chi connectivity index (χ0n) is 12.0. The molecule has 2 rings (SSSR count). The maximum atomic E-state index is 12.0. The minimum absolute atomic E-state index is 0.0351. The van der Waals surface area contributed by atoms with Gasteiger partial charge < -0.3 is 10.4 Å². The summed E-state index contributed by atoms with van der Waals surface area (Å²) < 4.78 is 1.20. The first-order chi connectivity index (χ1) is 10.5. The molecule has 0 bridgehead atoms. The lowest BCUT2D eigenvalue weighted by atomic mass is 10.1. The van der Waals surface area contributed by atoms with Crippen molar-refractivity contribution < 1.29 is 9.90 Å². The molecular weight excluding hydrogens is 306 g/mol. The highest BCUT2D eigenvalue weighted by Gasteiger charge is 2.12. The average Bonchev–Trinajstić information content (AvgIpc) is 2.53. The highest BCUT2D eigenvalue weighted by atomic mass is 35.5. The van der Waals surface area contributed by atoms with Crippen LogP contribution in [0.5, 0.6) is 0 Å². The Morgan fingerprint density at radius 2 is 2.00 bits per heavy atom. The minimum Gasteiger partial charge on any atom is -0.387 e. The third-order valence-electron chi connectivity index (χ3n) is 3.11. The second kappa shape index (κ2) is 7.20. The van der Waals surface area contributed by atoms with Crippen LogP contribution in [0.15, 0.2) is 41.2 Å². The Balaban J connectivity index is 2.00. The summed E-state index contributed by atoms with van der Waals surface area (Å²) in [6.07, 6.45) is -0.849. The highest BCUT2D eigenvalue weighted by Crippen LogP contribution is 2.15. The van der Waals surface area contributed by atoms with Gasteiger partial charge in [-0.05, 0) is 30.7 Å². The van der Waals surface area contributed by atoms with Crippen LogP contribution in [0.4, 0.5) is 0 Å². The third kappa shape index (κ3) is 3.93. The van der Waals surface area contributed by atoms with Crippen molar-refractivity contribution in [3.8, 4) is 0 Å². The molecule has 0 saturated heterocycles. The van der Waals surface area contributed by atoms with E-state index >= 15 is 0 Å². The van der Waals surface area contributed by atoms with Gasteiger partial charge in [0.1, 0.15) is 5.69 Å².